The fraction of sp³-hybridized carbons (Fsp3) is 0.0370. The lowest BCUT2D eigenvalue weighted by molar-refractivity contribution is 0.101. The lowest BCUT2D eigenvalue weighted by Crippen LogP contribution is -2.17. The zero-order chi connectivity index (χ0) is 22.1. The third kappa shape index (κ3) is 3.79. The Morgan fingerprint density at radius 3 is 2.41 bits per heavy atom. The van der Waals surface area contributed by atoms with Gasteiger partial charge in [-0.25, -0.2) is 0 Å². The smallest absolute Gasteiger partial charge is 0.256 e. The third-order valence-electron chi connectivity index (χ3n) is 5.49. The normalized spacial score (nSPS) is 12.2. The molecule has 1 aliphatic heterocycles. The van der Waals surface area contributed by atoms with Crippen LogP contribution in [0.1, 0.15) is 26.3 Å². The average molecular weight is 437 g/mol. The van der Waals surface area contributed by atoms with Crippen LogP contribution in [-0.4, -0.2) is 11.8 Å². The van der Waals surface area contributed by atoms with Crippen LogP contribution in [0.3, 0.4) is 0 Å². The van der Waals surface area contributed by atoms with Gasteiger partial charge >= 0.3 is 0 Å². The summed E-state index contributed by atoms with van der Waals surface area (Å²) < 4.78 is 0. The summed E-state index contributed by atoms with van der Waals surface area (Å²) in [6.45, 7) is 1.87. The van der Waals surface area contributed by atoms with E-state index in [9.17, 15) is 9.59 Å². The Bertz CT molecular complexity index is 1350. The van der Waals surface area contributed by atoms with Crippen molar-refractivity contribution in [2.45, 2.75) is 16.7 Å². The van der Waals surface area contributed by atoms with Crippen LogP contribution in [0.15, 0.2) is 101 Å². The molecule has 1 heterocycles. The number of anilines is 2. The molecular weight excluding hydrogens is 416 g/mol. The molecular formula is C27H20N2O2S. The monoisotopic (exact) mass is 436 g/mol. The molecule has 0 spiro atoms. The molecule has 156 valence electrons. The van der Waals surface area contributed by atoms with Gasteiger partial charge in [0, 0.05) is 21.0 Å². The van der Waals surface area contributed by atoms with Gasteiger partial charge < -0.3 is 10.6 Å². The third-order valence-corrected chi connectivity index (χ3v) is 6.63. The molecule has 0 saturated carbocycles. The number of hydrogen-bond donors (Lipinski definition) is 2. The summed E-state index contributed by atoms with van der Waals surface area (Å²) in [4.78, 5) is 27.7. The maximum absolute atomic E-state index is 13.1. The predicted octanol–water partition coefficient (Wildman–Crippen LogP) is 6.63. The Labute approximate surface area is 190 Å². The fourth-order valence-electron chi connectivity index (χ4n) is 3.82. The summed E-state index contributed by atoms with van der Waals surface area (Å²) in [6.07, 6.45) is 0. The summed E-state index contributed by atoms with van der Waals surface area (Å²) in [5.41, 5.74) is 5.43. The van der Waals surface area contributed by atoms with E-state index in [1.54, 1.807) is 0 Å². The number of rotatable bonds is 3. The molecule has 2 N–H and O–H groups in total. The Balaban J connectivity index is 1.44. The van der Waals surface area contributed by atoms with Crippen molar-refractivity contribution >= 4 is 35.0 Å². The number of hydrogen-bond acceptors (Lipinski definition) is 3. The first-order chi connectivity index (χ1) is 15.6. The number of nitrogens with one attached hydrogen (secondary N) is 2. The molecule has 5 rings (SSSR count). The second-order valence-corrected chi connectivity index (χ2v) is 8.65. The van der Waals surface area contributed by atoms with E-state index >= 15 is 0 Å². The molecule has 0 unspecified atom stereocenters. The van der Waals surface area contributed by atoms with E-state index in [2.05, 4.69) is 10.6 Å². The van der Waals surface area contributed by atoms with Crippen molar-refractivity contribution in [2.24, 2.45) is 0 Å². The van der Waals surface area contributed by atoms with E-state index in [0.29, 0.717) is 16.8 Å². The number of amides is 2. The van der Waals surface area contributed by atoms with Crippen LogP contribution in [0.4, 0.5) is 11.4 Å². The van der Waals surface area contributed by atoms with Gasteiger partial charge in [0.2, 0.25) is 0 Å². The van der Waals surface area contributed by atoms with Gasteiger partial charge in [-0.05, 0) is 60.0 Å². The maximum atomic E-state index is 13.1. The van der Waals surface area contributed by atoms with E-state index in [1.807, 2.05) is 97.9 Å². The standard InChI is InChI=1S/C27H20N2O2S/c1-17-21(14-15-24-25(17)29-27(31)22-12-5-6-13-23(22)32-24)26(30)28-20-11-7-10-19(16-20)18-8-3-2-4-9-18/h2-16H,1H3,(H,28,30)(H,29,31). The number of fused-ring (bicyclic) bond motifs is 2. The molecule has 0 aliphatic carbocycles. The van der Waals surface area contributed by atoms with Crippen LogP contribution in [-0.2, 0) is 0 Å². The van der Waals surface area contributed by atoms with E-state index in [-0.39, 0.29) is 11.8 Å². The van der Waals surface area contributed by atoms with Crippen LogP contribution >= 0.6 is 11.8 Å². The quantitative estimate of drug-likeness (QED) is 0.379. The molecule has 0 saturated heterocycles. The average Bonchev–Trinajstić information content (AvgIpc) is 2.96. The number of carbonyl (C=O) groups is 2. The molecule has 32 heavy (non-hydrogen) atoms. The fourth-order valence-corrected chi connectivity index (χ4v) is 4.92. The van der Waals surface area contributed by atoms with E-state index in [1.165, 1.54) is 11.8 Å². The molecule has 0 atom stereocenters. The summed E-state index contributed by atoms with van der Waals surface area (Å²) in [7, 11) is 0. The highest BCUT2D eigenvalue weighted by Crippen LogP contribution is 2.41. The lowest BCUT2D eigenvalue weighted by Gasteiger charge is -2.15. The van der Waals surface area contributed by atoms with Gasteiger partial charge in [0.25, 0.3) is 11.8 Å². The van der Waals surface area contributed by atoms with Crippen molar-refractivity contribution in [1.82, 2.24) is 0 Å². The Morgan fingerprint density at radius 2 is 1.56 bits per heavy atom. The minimum Gasteiger partial charge on any atom is -0.322 e. The highest BCUT2D eigenvalue weighted by Gasteiger charge is 2.23. The SMILES string of the molecule is Cc1c(C(=O)Nc2cccc(-c3ccccc3)c2)ccc2c1NC(=O)c1ccccc1S2. The van der Waals surface area contributed by atoms with Crippen molar-refractivity contribution in [3.63, 3.8) is 0 Å². The second kappa shape index (κ2) is 8.36. The Morgan fingerprint density at radius 1 is 0.812 bits per heavy atom. The van der Waals surface area contributed by atoms with E-state index < -0.39 is 0 Å². The largest absolute Gasteiger partial charge is 0.322 e. The summed E-state index contributed by atoms with van der Waals surface area (Å²) in [5.74, 6) is -0.375. The molecule has 2 amide bonds. The van der Waals surface area contributed by atoms with Gasteiger partial charge in [-0.3, -0.25) is 9.59 Å². The molecule has 0 fully saturated rings. The zero-order valence-corrected chi connectivity index (χ0v) is 18.2. The van der Waals surface area contributed by atoms with Crippen LogP contribution < -0.4 is 10.6 Å². The number of benzene rings is 4. The summed E-state index contributed by atoms with van der Waals surface area (Å²) in [6, 6.07) is 29.0. The molecule has 0 bridgehead atoms. The summed E-state index contributed by atoms with van der Waals surface area (Å²) >= 11 is 1.53. The van der Waals surface area contributed by atoms with Crippen molar-refractivity contribution < 1.29 is 9.59 Å². The first-order valence-corrected chi connectivity index (χ1v) is 11.1. The van der Waals surface area contributed by atoms with Gasteiger partial charge in [-0.2, -0.15) is 0 Å². The van der Waals surface area contributed by atoms with Gasteiger partial charge in [-0.1, -0.05) is 66.4 Å². The van der Waals surface area contributed by atoms with Gasteiger partial charge in [0.15, 0.2) is 0 Å². The van der Waals surface area contributed by atoms with Crippen molar-refractivity contribution in [3.8, 4) is 11.1 Å². The number of carbonyl (C=O) groups excluding carboxylic acids is 2. The van der Waals surface area contributed by atoms with Gasteiger partial charge in [0.05, 0.1) is 11.3 Å². The zero-order valence-electron chi connectivity index (χ0n) is 17.4. The van der Waals surface area contributed by atoms with Crippen LogP contribution in [0.25, 0.3) is 11.1 Å². The minimum atomic E-state index is -0.212. The molecule has 4 aromatic rings. The first-order valence-electron chi connectivity index (χ1n) is 10.3. The Kier molecular flexibility index (Phi) is 5.25. The van der Waals surface area contributed by atoms with E-state index in [0.717, 1.165) is 32.2 Å². The van der Waals surface area contributed by atoms with Gasteiger partial charge in [-0.15, -0.1) is 0 Å². The highest BCUT2D eigenvalue weighted by atomic mass is 32.2. The maximum Gasteiger partial charge on any atom is 0.256 e. The highest BCUT2D eigenvalue weighted by molar-refractivity contribution is 7.99. The molecule has 4 aromatic carbocycles. The molecule has 0 radical (unpaired) electrons. The minimum absolute atomic E-state index is 0.164. The predicted molar refractivity (Wildman–Crippen MR) is 130 cm³/mol. The second-order valence-electron chi connectivity index (χ2n) is 7.56. The lowest BCUT2D eigenvalue weighted by atomic mass is 10.0. The van der Waals surface area contributed by atoms with Crippen LogP contribution in [0.2, 0.25) is 0 Å². The van der Waals surface area contributed by atoms with E-state index in [4.69, 9.17) is 0 Å². The molecule has 0 aromatic heterocycles. The molecule has 4 nitrogen and oxygen atoms in total. The summed E-state index contributed by atoms with van der Waals surface area (Å²) in [5, 5.41) is 6.00. The molecule has 5 heteroatoms. The first kappa shape index (κ1) is 20.1. The molecule has 1 aliphatic rings. The van der Waals surface area contributed by atoms with Crippen molar-refractivity contribution in [2.75, 3.05) is 10.6 Å². The Hall–Kier alpha value is -3.83. The topological polar surface area (TPSA) is 58.2 Å². The van der Waals surface area contributed by atoms with Crippen LogP contribution in [0, 0.1) is 6.92 Å². The van der Waals surface area contributed by atoms with Crippen LogP contribution in [0.5, 0.6) is 0 Å². The van der Waals surface area contributed by atoms with Crippen molar-refractivity contribution in [1.29, 1.82) is 0 Å². The van der Waals surface area contributed by atoms with Crippen molar-refractivity contribution in [3.05, 3.63) is 108 Å². The van der Waals surface area contributed by atoms with Gasteiger partial charge in [0.1, 0.15) is 0 Å².